The Balaban J connectivity index is 1.14. The summed E-state index contributed by atoms with van der Waals surface area (Å²) < 4.78 is 22.7. The van der Waals surface area contributed by atoms with Crippen molar-refractivity contribution >= 4 is 11.5 Å². The first-order valence-corrected chi connectivity index (χ1v) is 14.1. The number of hydrogen-bond donors (Lipinski definition) is 1. The molecule has 0 atom stereocenters. The van der Waals surface area contributed by atoms with Crippen LogP contribution in [0.25, 0.3) is 11.4 Å². The minimum atomic E-state index is 0.0640. The standard InChI is InChI=1S/C31H35N5O4/c1-37-29-17-24(3-4-27(29)21-7-12-36(13-8-21)25-19-39-20-25)34-30-6-11-33-31(35-30)22-2-5-28(23(16-22)18-32)40-26-9-14-38-15-10-26/h2-6,11,16-17,21,25-26H,7-10,12-15,19-20H2,1H3,(H,33,34,35). The number of nitrogens with zero attached hydrogens (tertiary/aromatic N) is 4. The summed E-state index contributed by atoms with van der Waals surface area (Å²) in [6.45, 7) is 5.30. The molecule has 0 spiro atoms. The van der Waals surface area contributed by atoms with E-state index in [0.717, 1.165) is 69.0 Å². The number of likely N-dealkylation sites (tertiary alicyclic amines) is 1. The van der Waals surface area contributed by atoms with Crippen molar-refractivity contribution in [2.24, 2.45) is 0 Å². The van der Waals surface area contributed by atoms with E-state index in [1.807, 2.05) is 24.3 Å². The third-order valence-electron chi connectivity index (χ3n) is 8.09. The second-order valence-electron chi connectivity index (χ2n) is 10.6. The second-order valence-corrected chi connectivity index (χ2v) is 10.6. The van der Waals surface area contributed by atoms with E-state index in [0.29, 0.717) is 48.1 Å². The van der Waals surface area contributed by atoms with Gasteiger partial charge in [0.1, 0.15) is 29.5 Å². The smallest absolute Gasteiger partial charge is 0.161 e. The normalized spacial score (nSPS) is 19.0. The predicted octanol–water partition coefficient (Wildman–Crippen LogP) is 4.90. The number of anilines is 2. The third kappa shape index (κ3) is 5.89. The SMILES string of the molecule is COc1cc(Nc2ccnc(-c3ccc(OC4CCOCC4)c(C#N)c3)n2)ccc1C1CCN(C2COC2)CC1. The van der Waals surface area contributed by atoms with E-state index in [1.165, 1.54) is 5.56 Å². The number of nitriles is 1. The van der Waals surface area contributed by atoms with E-state index >= 15 is 0 Å². The zero-order valence-corrected chi connectivity index (χ0v) is 22.8. The lowest BCUT2D eigenvalue weighted by molar-refractivity contribution is -0.0713. The lowest BCUT2D eigenvalue weighted by Gasteiger charge is -2.41. The maximum atomic E-state index is 9.76. The molecule has 0 radical (unpaired) electrons. The maximum absolute atomic E-state index is 9.76. The van der Waals surface area contributed by atoms with Crippen LogP contribution in [0.2, 0.25) is 0 Å². The summed E-state index contributed by atoms with van der Waals surface area (Å²) in [4.78, 5) is 11.7. The Morgan fingerprint density at radius 1 is 0.975 bits per heavy atom. The third-order valence-corrected chi connectivity index (χ3v) is 8.09. The molecule has 0 bridgehead atoms. The molecule has 0 aliphatic carbocycles. The molecule has 3 aliphatic rings. The molecule has 4 heterocycles. The average Bonchev–Trinajstić information content (AvgIpc) is 2.97. The molecule has 9 nitrogen and oxygen atoms in total. The van der Waals surface area contributed by atoms with Crippen molar-refractivity contribution in [2.75, 3.05) is 51.9 Å². The molecule has 3 aromatic rings. The van der Waals surface area contributed by atoms with Crippen molar-refractivity contribution in [2.45, 2.75) is 43.7 Å². The van der Waals surface area contributed by atoms with Gasteiger partial charge in [-0.3, -0.25) is 4.90 Å². The molecule has 208 valence electrons. The molecule has 0 amide bonds. The number of ether oxygens (including phenoxy) is 4. The highest BCUT2D eigenvalue weighted by Crippen LogP contribution is 2.37. The molecule has 1 aromatic heterocycles. The quantitative estimate of drug-likeness (QED) is 0.426. The number of aromatic nitrogens is 2. The molecular formula is C31H35N5O4. The van der Waals surface area contributed by atoms with Gasteiger partial charge in [-0.05, 0) is 67.7 Å². The van der Waals surface area contributed by atoms with E-state index in [9.17, 15) is 5.26 Å². The zero-order chi connectivity index (χ0) is 27.3. The highest BCUT2D eigenvalue weighted by Gasteiger charge is 2.31. The van der Waals surface area contributed by atoms with Crippen LogP contribution in [0.4, 0.5) is 11.5 Å². The van der Waals surface area contributed by atoms with E-state index < -0.39 is 0 Å². The Hall–Kier alpha value is -3.71. The predicted molar refractivity (Wildman–Crippen MR) is 151 cm³/mol. The Morgan fingerprint density at radius 2 is 1.80 bits per heavy atom. The summed E-state index contributed by atoms with van der Waals surface area (Å²) >= 11 is 0. The highest BCUT2D eigenvalue weighted by atomic mass is 16.5. The highest BCUT2D eigenvalue weighted by molar-refractivity contribution is 5.65. The first-order chi connectivity index (χ1) is 19.7. The fourth-order valence-corrected chi connectivity index (χ4v) is 5.68. The minimum Gasteiger partial charge on any atom is -0.496 e. The van der Waals surface area contributed by atoms with Crippen LogP contribution in [0.1, 0.15) is 42.7 Å². The summed E-state index contributed by atoms with van der Waals surface area (Å²) in [7, 11) is 1.73. The summed E-state index contributed by atoms with van der Waals surface area (Å²) in [5.41, 5.74) is 3.38. The molecule has 0 saturated carbocycles. The van der Waals surface area contributed by atoms with Crippen molar-refractivity contribution < 1.29 is 18.9 Å². The Kier molecular flexibility index (Phi) is 8.09. The fourth-order valence-electron chi connectivity index (χ4n) is 5.68. The lowest BCUT2D eigenvalue weighted by Crippen LogP contribution is -2.51. The Labute approximate surface area is 235 Å². The molecule has 40 heavy (non-hydrogen) atoms. The molecule has 9 heteroatoms. The first-order valence-electron chi connectivity index (χ1n) is 14.1. The second kappa shape index (κ2) is 12.2. The maximum Gasteiger partial charge on any atom is 0.161 e. The van der Waals surface area contributed by atoms with Crippen LogP contribution in [0, 0.1) is 11.3 Å². The lowest BCUT2D eigenvalue weighted by atomic mass is 9.88. The van der Waals surface area contributed by atoms with Gasteiger partial charge in [-0.1, -0.05) is 6.07 Å². The van der Waals surface area contributed by atoms with Crippen molar-refractivity contribution in [3.05, 3.63) is 59.8 Å². The van der Waals surface area contributed by atoms with Gasteiger partial charge in [0.05, 0.1) is 45.1 Å². The Morgan fingerprint density at radius 3 is 2.52 bits per heavy atom. The molecular weight excluding hydrogens is 506 g/mol. The van der Waals surface area contributed by atoms with Crippen molar-refractivity contribution in [3.8, 4) is 29.0 Å². The van der Waals surface area contributed by atoms with Crippen molar-refractivity contribution in [3.63, 3.8) is 0 Å². The van der Waals surface area contributed by atoms with E-state index in [-0.39, 0.29) is 6.10 Å². The van der Waals surface area contributed by atoms with Gasteiger partial charge in [0, 0.05) is 36.4 Å². The van der Waals surface area contributed by atoms with Crippen LogP contribution in [-0.4, -0.2) is 73.6 Å². The summed E-state index contributed by atoms with van der Waals surface area (Å²) in [5.74, 6) is 3.16. The number of benzene rings is 2. The molecule has 0 unspecified atom stereocenters. The number of rotatable bonds is 8. The van der Waals surface area contributed by atoms with Crippen LogP contribution < -0.4 is 14.8 Å². The minimum absolute atomic E-state index is 0.0640. The summed E-state index contributed by atoms with van der Waals surface area (Å²) in [5, 5.41) is 13.2. The van der Waals surface area contributed by atoms with Gasteiger partial charge in [0.25, 0.3) is 0 Å². The zero-order valence-electron chi connectivity index (χ0n) is 22.8. The molecule has 6 rings (SSSR count). The average molecular weight is 542 g/mol. The fraction of sp³-hybridized carbons (Fsp3) is 0.452. The van der Waals surface area contributed by atoms with E-state index in [1.54, 1.807) is 19.4 Å². The van der Waals surface area contributed by atoms with Crippen LogP contribution in [0.3, 0.4) is 0 Å². The summed E-state index contributed by atoms with van der Waals surface area (Å²) in [6.07, 6.45) is 5.68. The number of hydrogen-bond acceptors (Lipinski definition) is 9. The first kappa shape index (κ1) is 26.5. The van der Waals surface area contributed by atoms with Crippen LogP contribution in [0.5, 0.6) is 11.5 Å². The molecule has 1 N–H and O–H groups in total. The van der Waals surface area contributed by atoms with Crippen LogP contribution in [-0.2, 0) is 9.47 Å². The van der Waals surface area contributed by atoms with Crippen molar-refractivity contribution in [1.29, 1.82) is 5.26 Å². The molecule has 3 aliphatic heterocycles. The van der Waals surface area contributed by atoms with Gasteiger partial charge in [-0.15, -0.1) is 0 Å². The van der Waals surface area contributed by atoms with Crippen LogP contribution in [0.15, 0.2) is 48.7 Å². The van der Waals surface area contributed by atoms with Gasteiger partial charge in [0.15, 0.2) is 5.82 Å². The molecule has 3 saturated heterocycles. The number of methoxy groups -OCH3 is 1. The van der Waals surface area contributed by atoms with Gasteiger partial charge in [0.2, 0.25) is 0 Å². The Bertz CT molecular complexity index is 1360. The topological polar surface area (TPSA) is 102 Å². The van der Waals surface area contributed by atoms with E-state index in [4.69, 9.17) is 23.9 Å². The molecule has 3 fully saturated rings. The molecule has 2 aromatic carbocycles. The number of piperidine rings is 1. The summed E-state index contributed by atoms with van der Waals surface area (Å²) in [6, 6.07) is 16.5. The largest absolute Gasteiger partial charge is 0.496 e. The van der Waals surface area contributed by atoms with Gasteiger partial charge in [-0.2, -0.15) is 5.26 Å². The number of nitrogens with one attached hydrogen (secondary N) is 1. The van der Waals surface area contributed by atoms with Gasteiger partial charge in [-0.25, -0.2) is 9.97 Å². The van der Waals surface area contributed by atoms with Crippen molar-refractivity contribution in [1.82, 2.24) is 14.9 Å². The van der Waals surface area contributed by atoms with Crippen LogP contribution >= 0.6 is 0 Å². The monoisotopic (exact) mass is 541 g/mol. The van der Waals surface area contributed by atoms with E-state index in [2.05, 4.69) is 33.4 Å². The van der Waals surface area contributed by atoms with Gasteiger partial charge >= 0.3 is 0 Å². The van der Waals surface area contributed by atoms with Gasteiger partial charge < -0.3 is 24.3 Å².